The van der Waals surface area contributed by atoms with E-state index in [-0.39, 0.29) is 11.5 Å². The molecule has 1 heterocycles. The third-order valence-corrected chi connectivity index (χ3v) is 4.13. The number of hydrogen-bond donors (Lipinski definition) is 2. The van der Waals surface area contributed by atoms with Crippen molar-refractivity contribution in [3.8, 4) is 0 Å². The fourth-order valence-electron chi connectivity index (χ4n) is 2.26. The van der Waals surface area contributed by atoms with Gasteiger partial charge < -0.3 is 10.4 Å². The minimum atomic E-state index is -0.919. The molecule has 2 N–H and O–H groups in total. The van der Waals surface area contributed by atoms with Gasteiger partial charge in [0.2, 0.25) is 5.91 Å². The molecule has 6 heteroatoms. The highest BCUT2D eigenvalue weighted by Crippen LogP contribution is 2.13. The zero-order valence-electron chi connectivity index (χ0n) is 13.0. The zero-order valence-corrected chi connectivity index (χ0v) is 13.8. The number of carboxylic acid groups (broad SMARTS) is 1. The fraction of sp³-hybridized carbons (Fsp3) is 0.294. The first-order valence-corrected chi connectivity index (χ1v) is 8.29. The molecule has 5 nitrogen and oxygen atoms in total. The average Bonchev–Trinajstić information content (AvgIpc) is 3.00. The maximum Gasteiger partial charge on any atom is 0.335 e. The van der Waals surface area contributed by atoms with E-state index in [1.165, 1.54) is 12.5 Å². The number of rotatable bonds is 8. The van der Waals surface area contributed by atoms with Crippen LogP contribution in [0.1, 0.15) is 28.4 Å². The molecule has 23 heavy (non-hydrogen) atoms. The van der Waals surface area contributed by atoms with E-state index in [1.54, 1.807) is 23.5 Å². The van der Waals surface area contributed by atoms with E-state index in [0.717, 1.165) is 18.7 Å². The molecule has 0 unspecified atom stereocenters. The second-order valence-electron chi connectivity index (χ2n) is 5.33. The van der Waals surface area contributed by atoms with Crippen molar-refractivity contribution in [2.45, 2.75) is 20.0 Å². The molecule has 122 valence electrons. The van der Waals surface area contributed by atoms with Gasteiger partial charge in [-0.2, -0.15) is 11.3 Å². The Bertz CT molecular complexity index is 638. The number of carbonyl (C=O) groups excluding carboxylic acids is 1. The van der Waals surface area contributed by atoms with E-state index in [4.69, 9.17) is 5.11 Å². The van der Waals surface area contributed by atoms with Gasteiger partial charge in [-0.3, -0.25) is 9.69 Å². The third kappa shape index (κ3) is 5.84. The lowest BCUT2D eigenvalue weighted by molar-refractivity contribution is -0.119. The van der Waals surface area contributed by atoms with Crippen molar-refractivity contribution in [2.75, 3.05) is 13.1 Å². The SMILES string of the molecule is CC(=O)NCCN(Cc1ccc(C(=O)O)cc1)Cc1ccsc1. The molecule has 2 aromatic rings. The van der Waals surface area contributed by atoms with Crippen molar-refractivity contribution in [3.63, 3.8) is 0 Å². The number of nitrogens with one attached hydrogen (secondary N) is 1. The lowest BCUT2D eigenvalue weighted by Crippen LogP contribution is -2.33. The maximum absolute atomic E-state index is 11.0. The molecule has 2 rings (SSSR count). The highest BCUT2D eigenvalue weighted by atomic mass is 32.1. The summed E-state index contributed by atoms with van der Waals surface area (Å²) in [5.41, 5.74) is 2.57. The molecule has 1 aromatic carbocycles. The molecule has 1 aromatic heterocycles. The maximum atomic E-state index is 11.0. The van der Waals surface area contributed by atoms with Gasteiger partial charge in [0.1, 0.15) is 0 Å². The molecule has 0 bridgehead atoms. The normalized spacial score (nSPS) is 10.7. The molecule has 0 fully saturated rings. The number of carbonyl (C=O) groups is 2. The molecule has 1 amide bonds. The molecule has 0 atom stereocenters. The summed E-state index contributed by atoms with van der Waals surface area (Å²) >= 11 is 1.66. The molecule has 0 radical (unpaired) electrons. The van der Waals surface area contributed by atoms with Gasteiger partial charge in [-0.25, -0.2) is 4.79 Å². The number of benzene rings is 1. The van der Waals surface area contributed by atoms with E-state index >= 15 is 0 Å². The quantitative estimate of drug-likeness (QED) is 0.779. The third-order valence-electron chi connectivity index (χ3n) is 3.40. The number of carboxylic acids is 1. The summed E-state index contributed by atoms with van der Waals surface area (Å²) in [6.07, 6.45) is 0. The minimum absolute atomic E-state index is 0.0358. The topological polar surface area (TPSA) is 69.6 Å². The van der Waals surface area contributed by atoms with Crippen LogP contribution in [0, 0.1) is 0 Å². The average molecular weight is 332 g/mol. The van der Waals surface area contributed by atoms with Crippen LogP contribution in [0.25, 0.3) is 0 Å². The summed E-state index contributed by atoms with van der Waals surface area (Å²) in [7, 11) is 0. The molecule has 0 saturated carbocycles. The summed E-state index contributed by atoms with van der Waals surface area (Å²) in [6.45, 7) is 4.33. The molecule has 0 aliphatic heterocycles. The standard InChI is InChI=1S/C17H20N2O3S/c1-13(20)18-7-8-19(11-15-6-9-23-12-15)10-14-2-4-16(5-3-14)17(21)22/h2-6,9,12H,7-8,10-11H2,1H3,(H,18,20)(H,21,22). The van der Waals surface area contributed by atoms with Crippen LogP contribution in [0.5, 0.6) is 0 Å². The second kappa shape index (κ2) is 8.45. The van der Waals surface area contributed by atoms with E-state index in [9.17, 15) is 9.59 Å². The molecule has 0 spiro atoms. The summed E-state index contributed by atoms with van der Waals surface area (Å²) in [6, 6.07) is 9.00. The van der Waals surface area contributed by atoms with Gasteiger partial charge in [0, 0.05) is 33.1 Å². The number of nitrogens with zero attached hydrogens (tertiary/aromatic N) is 1. The number of aromatic carboxylic acids is 1. The van der Waals surface area contributed by atoms with Gasteiger partial charge in [0.25, 0.3) is 0 Å². The Labute approximate surface area is 139 Å². The summed E-state index contributed by atoms with van der Waals surface area (Å²) in [4.78, 5) is 24.1. The van der Waals surface area contributed by atoms with Gasteiger partial charge in [0.15, 0.2) is 0 Å². The summed E-state index contributed by atoms with van der Waals surface area (Å²) in [5, 5.41) is 15.9. The van der Waals surface area contributed by atoms with Crippen LogP contribution in [0.4, 0.5) is 0 Å². The van der Waals surface area contributed by atoms with Crippen molar-refractivity contribution in [3.05, 3.63) is 57.8 Å². The number of hydrogen-bond acceptors (Lipinski definition) is 4. The smallest absolute Gasteiger partial charge is 0.335 e. The highest BCUT2D eigenvalue weighted by Gasteiger charge is 2.09. The minimum Gasteiger partial charge on any atom is -0.478 e. The van der Waals surface area contributed by atoms with Crippen LogP contribution < -0.4 is 5.32 Å². The van der Waals surface area contributed by atoms with E-state index < -0.39 is 5.97 Å². The van der Waals surface area contributed by atoms with Gasteiger partial charge >= 0.3 is 5.97 Å². The molecule has 0 aliphatic carbocycles. The van der Waals surface area contributed by atoms with Gasteiger partial charge in [-0.1, -0.05) is 12.1 Å². The predicted molar refractivity (Wildman–Crippen MR) is 90.5 cm³/mol. The van der Waals surface area contributed by atoms with Crippen molar-refractivity contribution in [1.29, 1.82) is 0 Å². The Morgan fingerprint density at radius 3 is 2.39 bits per heavy atom. The van der Waals surface area contributed by atoms with Crippen LogP contribution in [0.15, 0.2) is 41.1 Å². The molecular weight excluding hydrogens is 312 g/mol. The van der Waals surface area contributed by atoms with Crippen LogP contribution in [-0.4, -0.2) is 35.0 Å². The fourth-order valence-corrected chi connectivity index (χ4v) is 2.92. The molecule has 0 aliphatic rings. The Morgan fingerprint density at radius 1 is 1.13 bits per heavy atom. The second-order valence-corrected chi connectivity index (χ2v) is 6.11. The first-order chi connectivity index (χ1) is 11.0. The van der Waals surface area contributed by atoms with Crippen LogP contribution in [0.2, 0.25) is 0 Å². The number of thiophene rings is 1. The monoisotopic (exact) mass is 332 g/mol. The Balaban J connectivity index is 2.00. The van der Waals surface area contributed by atoms with Gasteiger partial charge in [0.05, 0.1) is 5.56 Å². The van der Waals surface area contributed by atoms with Crippen molar-refractivity contribution >= 4 is 23.2 Å². The van der Waals surface area contributed by atoms with Crippen molar-refractivity contribution < 1.29 is 14.7 Å². The summed E-state index contributed by atoms with van der Waals surface area (Å²) in [5.74, 6) is -0.955. The lowest BCUT2D eigenvalue weighted by Gasteiger charge is -2.22. The Morgan fingerprint density at radius 2 is 1.83 bits per heavy atom. The first-order valence-electron chi connectivity index (χ1n) is 7.34. The van der Waals surface area contributed by atoms with Crippen molar-refractivity contribution in [2.24, 2.45) is 0 Å². The van der Waals surface area contributed by atoms with Crippen LogP contribution in [0.3, 0.4) is 0 Å². The summed E-state index contributed by atoms with van der Waals surface area (Å²) < 4.78 is 0. The molecule has 0 saturated heterocycles. The molecular formula is C17H20N2O3S. The highest BCUT2D eigenvalue weighted by molar-refractivity contribution is 7.07. The van der Waals surface area contributed by atoms with Gasteiger partial charge in [-0.15, -0.1) is 0 Å². The number of amides is 1. The largest absolute Gasteiger partial charge is 0.478 e. The van der Waals surface area contributed by atoms with Crippen molar-refractivity contribution in [1.82, 2.24) is 10.2 Å². The van der Waals surface area contributed by atoms with Crippen LogP contribution >= 0.6 is 11.3 Å². The zero-order chi connectivity index (χ0) is 16.7. The van der Waals surface area contributed by atoms with E-state index in [0.29, 0.717) is 13.1 Å². The van der Waals surface area contributed by atoms with Gasteiger partial charge in [-0.05, 0) is 40.1 Å². The van der Waals surface area contributed by atoms with Crippen LogP contribution in [-0.2, 0) is 17.9 Å². The predicted octanol–water partition coefficient (Wildman–Crippen LogP) is 2.58. The van der Waals surface area contributed by atoms with E-state index in [2.05, 4.69) is 21.7 Å². The Kier molecular flexibility index (Phi) is 6.31. The van der Waals surface area contributed by atoms with E-state index in [1.807, 2.05) is 17.5 Å². The Hall–Kier alpha value is -2.18. The first kappa shape index (κ1) is 17.2. The lowest BCUT2D eigenvalue weighted by atomic mass is 10.1.